The van der Waals surface area contributed by atoms with Crippen LogP contribution in [0.2, 0.25) is 0 Å². The van der Waals surface area contributed by atoms with E-state index in [-0.39, 0.29) is 5.75 Å². The minimum Gasteiger partial charge on any atom is -0.317 e. The Morgan fingerprint density at radius 3 is 2.31 bits per heavy atom. The Hall–Kier alpha value is -0.130. The van der Waals surface area contributed by atoms with Crippen LogP contribution in [0.5, 0.6) is 0 Å². The Morgan fingerprint density at radius 1 is 1.06 bits per heavy atom. The molecule has 16 heavy (non-hydrogen) atoms. The van der Waals surface area contributed by atoms with E-state index in [9.17, 15) is 8.42 Å². The van der Waals surface area contributed by atoms with Crippen LogP contribution in [-0.2, 0) is 10.0 Å². The molecular weight excluding hydrogens is 224 g/mol. The van der Waals surface area contributed by atoms with E-state index in [1.807, 2.05) is 0 Å². The summed E-state index contributed by atoms with van der Waals surface area (Å²) in [6.45, 7) is 6.55. The van der Waals surface area contributed by atoms with Gasteiger partial charge in [-0.05, 0) is 32.4 Å². The lowest BCUT2D eigenvalue weighted by Crippen LogP contribution is -2.31. The van der Waals surface area contributed by atoms with E-state index in [0.29, 0.717) is 13.0 Å². The van der Waals surface area contributed by atoms with E-state index in [4.69, 9.17) is 0 Å². The maximum absolute atomic E-state index is 11.8. The van der Waals surface area contributed by atoms with Crippen molar-refractivity contribution < 1.29 is 8.42 Å². The third-order valence-electron chi connectivity index (χ3n) is 2.48. The summed E-state index contributed by atoms with van der Waals surface area (Å²) in [6, 6.07) is 0. The van der Waals surface area contributed by atoms with Gasteiger partial charge in [-0.2, -0.15) is 0 Å². The molecule has 98 valence electrons. The topological polar surface area (TPSA) is 49.4 Å². The zero-order chi connectivity index (χ0) is 12.4. The lowest BCUT2D eigenvalue weighted by atomic mass is 10.3. The average Bonchev–Trinajstić information content (AvgIpc) is 2.25. The lowest BCUT2D eigenvalue weighted by Gasteiger charge is -2.16. The van der Waals surface area contributed by atoms with Crippen LogP contribution >= 0.6 is 0 Å². The molecule has 0 unspecified atom stereocenters. The summed E-state index contributed by atoms with van der Waals surface area (Å²) < 4.78 is 25.0. The standard InChI is InChI=1S/C11H26N2O2S/c1-4-6-10-13(3)16(14,15)11-7-9-12-8-5-2/h12H,4-11H2,1-3H3. The molecule has 0 fully saturated rings. The molecule has 0 aromatic rings. The summed E-state index contributed by atoms with van der Waals surface area (Å²) in [5, 5.41) is 3.21. The lowest BCUT2D eigenvalue weighted by molar-refractivity contribution is 0.457. The van der Waals surface area contributed by atoms with E-state index in [1.54, 1.807) is 7.05 Å². The molecule has 0 aromatic carbocycles. The first-order chi connectivity index (χ1) is 7.54. The zero-order valence-corrected chi connectivity index (χ0v) is 11.6. The molecule has 0 heterocycles. The molecular formula is C11H26N2O2S. The highest BCUT2D eigenvalue weighted by molar-refractivity contribution is 7.89. The second-order valence-corrected chi connectivity index (χ2v) is 6.29. The first-order valence-corrected chi connectivity index (χ1v) is 7.80. The molecule has 0 aliphatic rings. The monoisotopic (exact) mass is 250 g/mol. The summed E-state index contributed by atoms with van der Waals surface area (Å²) in [4.78, 5) is 0. The van der Waals surface area contributed by atoms with Crippen molar-refractivity contribution in [2.45, 2.75) is 39.5 Å². The summed E-state index contributed by atoms with van der Waals surface area (Å²) in [6.07, 6.45) is 3.74. The SMILES string of the molecule is CCCCN(C)S(=O)(=O)CCCNCCC. The van der Waals surface area contributed by atoms with Gasteiger partial charge in [0.25, 0.3) is 0 Å². The fourth-order valence-corrected chi connectivity index (χ4v) is 2.59. The van der Waals surface area contributed by atoms with Crippen LogP contribution in [0.1, 0.15) is 39.5 Å². The first kappa shape index (κ1) is 15.9. The first-order valence-electron chi connectivity index (χ1n) is 6.19. The molecule has 4 nitrogen and oxygen atoms in total. The van der Waals surface area contributed by atoms with E-state index in [0.717, 1.165) is 32.4 Å². The van der Waals surface area contributed by atoms with Crippen LogP contribution in [0.4, 0.5) is 0 Å². The molecule has 0 spiro atoms. The molecule has 0 atom stereocenters. The number of nitrogens with zero attached hydrogens (tertiary/aromatic N) is 1. The Balaban J connectivity index is 3.77. The van der Waals surface area contributed by atoms with E-state index < -0.39 is 10.0 Å². The summed E-state index contributed by atoms with van der Waals surface area (Å²) in [7, 11) is -1.36. The number of hydrogen-bond acceptors (Lipinski definition) is 3. The van der Waals surface area contributed by atoms with Crippen LogP contribution < -0.4 is 5.32 Å². The van der Waals surface area contributed by atoms with Gasteiger partial charge in [-0.3, -0.25) is 0 Å². The molecule has 1 N–H and O–H groups in total. The maximum atomic E-state index is 11.8. The second kappa shape index (κ2) is 8.96. The molecule has 5 heteroatoms. The quantitative estimate of drug-likeness (QED) is 0.597. The Bertz CT molecular complexity index is 253. The largest absolute Gasteiger partial charge is 0.317 e. The Kier molecular flexibility index (Phi) is 8.89. The van der Waals surface area contributed by atoms with Gasteiger partial charge in [-0.1, -0.05) is 20.3 Å². The van der Waals surface area contributed by atoms with Gasteiger partial charge < -0.3 is 5.32 Å². The molecule has 0 aliphatic carbocycles. The molecule has 0 amide bonds. The van der Waals surface area contributed by atoms with Gasteiger partial charge in [0.05, 0.1) is 5.75 Å². The van der Waals surface area contributed by atoms with Crippen LogP contribution in [0.25, 0.3) is 0 Å². The van der Waals surface area contributed by atoms with E-state index in [1.165, 1.54) is 4.31 Å². The van der Waals surface area contributed by atoms with Crippen LogP contribution in [0.3, 0.4) is 0 Å². The van der Waals surface area contributed by atoms with Gasteiger partial charge in [0.15, 0.2) is 0 Å². The summed E-state index contributed by atoms with van der Waals surface area (Å²) >= 11 is 0. The fourth-order valence-electron chi connectivity index (χ4n) is 1.36. The summed E-state index contributed by atoms with van der Waals surface area (Å²) in [5.74, 6) is 0.254. The van der Waals surface area contributed by atoms with Gasteiger partial charge in [0.1, 0.15) is 0 Å². The van der Waals surface area contributed by atoms with Crippen molar-refractivity contribution in [3.05, 3.63) is 0 Å². The minimum absolute atomic E-state index is 0.254. The van der Waals surface area contributed by atoms with Gasteiger partial charge >= 0.3 is 0 Å². The predicted molar refractivity (Wildman–Crippen MR) is 69.1 cm³/mol. The van der Waals surface area contributed by atoms with Crippen molar-refractivity contribution in [2.75, 3.05) is 32.4 Å². The highest BCUT2D eigenvalue weighted by Crippen LogP contribution is 2.02. The highest BCUT2D eigenvalue weighted by Gasteiger charge is 2.15. The highest BCUT2D eigenvalue weighted by atomic mass is 32.2. The normalized spacial score (nSPS) is 12.2. The number of sulfonamides is 1. The number of hydrogen-bond donors (Lipinski definition) is 1. The molecule has 0 saturated heterocycles. The molecule has 0 bridgehead atoms. The smallest absolute Gasteiger partial charge is 0.213 e. The van der Waals surface area contributed by atoms with Crippen molar-refractivity contribution in [1.82, 2.24) is 9.62 Å². The van der Waals surface area contributed by atoms with Crippen molar-refractivity contribution in [2.24, 2.45) is 0 Å². The van der Waals surface area contributed by atoms with Crippen LogP contribution in [-0.4, -0.2) is 45.2 Å². The number of rotatable bonds is 10. The summed E-state index contributed by atoms with van der Waals surface area (Å²) in [5.41, 5.74) is 0. The predicted octanol–water partition coefficient (Wildman–Crippen LogP) is 1.44. The Morgan fingerprint density at radius 2 is 1.75 bits per heavy atom. The molecule has 0 radical (unpaired) electrons. The van der Waals surface area contributed by atoms with Crippen molar-refractivity contribution in [3.63, 3.8) is 0 Å². The molecule has 0 aromatic heterocycles. The van der Waals surface area contributed by atoms with Gasteiger partial charge in [-0.15, -0.1) is 0 Å². The molecule has 0 aliphatic heterocycles. The van der Waals surface area contributed by atoms with Crippen molar-refractivity contribution >= 4 is 10.0 Å². The fraction of sp³-hybridized carbons (Fsp3) is 1.00. The van der Waals surface area contributed by atoms with Crippen molar-refractivity contribution in [3.8, 4) is 0 Å². The van der Waals surface area contributed by atoms with Crippen LogP contribution in [0, 0.1) is 0 Å². The third kappa shape index (κ3) is 7.19. The third-order valence-corrected chi connectivity index (χ3v) is 4.42. The van der Waals surface area contributed by atoms with Gasteiger partial charge in [-0.25, -0.2) is 12.7 Å². The minimum atomic E-state index is -3.03. The van der Waals surface area contributed by atoms with Gasteiger partial charge in [0.2, 0.25) is 10.0 Å². The molecule has 0 saturated carbocycles. The zero-order valence-electron chi connectivity index (χ0n) is 10.8. The average molecular weight is 250 g/mol. The number of nitrogens with one attached hydrogen (secondary N) is 1. The Labute approximate surface area is 100 Å². The molecule has 0 rings (SSSR count). The maximum Gasteiger partial charge on any atom is 0.213 e. The van der Waals surface area contributed by atoms with Gasteiger partial charge in [0, 0.05) is 13.6 Å². The van der Waals surface area contributed by atoms with Crippen molar-refractivity contribution in [1.29, 1.82) is 0 Å². The number of unbranched alkanes of at least 4 members (excludes halogenated alkanes) is 1. The van der Waals surface area contributed by atoms with E-state index in [2.05, 4.69) is 19.2 Å². The van der Waals surface area contributed by atoms with Crippen LogP contribution in [0.15, 0.2) is 0 Å². The van der Waals surface area contributed by atoms with E-state index >= 15 is 0 Å². The second-order valence-electron chi connectivity index (χ2n) is 4.09.